The normalized spacial score (nSPS) is 35.6. The summed E-state index contributed by atoms with van der Waals surface area (Å²) in [5, 5.41) is 0. The van der Waals surface area contributed by atoms with E-state index in [9.17, 15) is 4.79 Å². The Labute approximate surface area is 151 Å². The van der Waals surface area contributed by atoms with Crippen LogP contribution in [0.25, 0.3) is 0 Å². The first kappa shape index (κ1) is 15.9. The number of carbonyl (C=O) groups is 1. The van der Waals surface area contributed by atoms with Gasteiger partial charge in [-0.15, -0.1) is 0 Å². The number of hydrogen-bond donors (Lipinski definition) is 1. The molecular weight excluding hydrogens is 308 g/mol. The number of nitrogens with two attached hydrogens (primary N) is 1. The van der Waals surface area contributed by atoms with Crippen molar-refractivity contribution in [2.45, 2.75) is 75.8 Å². The Kier molecular flexibility index (Phi) is 3.54. The highest BCUT2D eigenvalue weighted by Crippen LogP contribution is 2.56. The zero-order valence-corrected chi connectivity index (χ0v) is 15.3. The predicted molar refractivity (Wildman–Crippen MR) is 99.6 cm³/mol. The van der Waals surface area contributed by atoms with E-state index in [1.807, 2.05) is 6.07 Å². The summed E-state index contributed by atoms with van der Waals surface area (Å²) >= 11 is 0. The van der Waals surface area contributed by atoms with Crippen molar-refractivity contribution in [1.29, 1.82) is 0 Å². The summed E-state index contributed by atoms with van der Waals surface area (Å²) in [6.45, 7) is 3.71. The molecule has 2 saturated carbocycles. The Balaban J connectivity index is 1.59. The quantitative estimate of drug-likeness (QED) is 0.914. The highest BCUT2D eigenvalue weighted by atomic mass is 16.1. The summed E-state index contributed by atoms with van der Waals surface area (Å²) in [4.78, 5) is 14.6. The first-order chi connectivity index (χ1) is 12.1. The summed E-state index contributed by atoms with van der Waals surface area (Å²) in [6.07, 6.45) is 10.7. The molecule has 5 rings (SSSR count). The monoisotopic (exact) mass is 338 g/mol. The topological polar surface area (TPSA) is 46.3 Å². The summed E-state index contributed by atoms with van der Waals surface area (Å²) < 4.78 is 0. The van der Waals surface area contributed by atoms with Gasteiger partial charge in [0.2, 0.25) is 5.91 Å². The third-order valence-electron chi connectivity index (χ3n) is 7.99. The van der Waals surface area contributed by atoms with E-state index in [0.29, 0.717) is 17.0 Å². The molecule has 3 aliphatic carbocycles. The Hall–Kier alpha value is -1.35. The highest BCUT2D eigenvalue weighted by Gasteiger charge is 2.55. The lowest BCUT2D eigenvalue weighted by Gasteiger charge is -2.60. The van der Waals surface area contributed by atoms with Gasteiger partial charge in [-0.1, -0.05) is 18.9 Å². The van der Waals surface area contributed by atoms with Crippen molar-refractivity contribution in [1.82, 2.24) is 4.90 Å². The summed E-state index contributed by atoms with van der Waals surface area (Å²) in [5.41, 5.74) is 9.56. The molecule has 3 heteroatoms. The average Bonchev–Trinajstić information content (AvgIpc) is 3.46. The number of amides is 1. The van der Waals surface area contributed by atoms with Crippen LogP contribution in [0.5, 0.6) is 0 Å². The lowest BCUT2D eigenvalue weighted by Crippen LogP contribution is -2.63. The molecular formula is C22H30N2O. The molecule has 1 aromatic carbocycles. The van der Waals surface area contributed by atoms with Crippen molar-refractivity contribution in [2.75, 3.05) is 6.54 Å². The zero-order chi connectivity index (χ0) is 17.2. The van der Waals surface area contributed by atoms with Crippen LogP contribution in [0.15, 0.2) is 18.2 Å². The molecule has 2 N–H and O–H groups in total. The van der Waals surface area contributed by atoms with Crippen molar-refractivity contribution < 1.29 is 4.79 Å². The average molecular weight is 338 g/mol. The molecule has 0 aromatic heterocycles. The minimum Gasteiger partial charge on any atom is -0.366 e. The number of hydrogen-bond acceptors (Lipinski definition) is 2. The van der Waals surface area contributed by atoms with Gasteiger partial charge in [0.05, 0.1) is 0 Å². The zero-order valence-electron chi connectivity index (χ0n) is 15.3. The molecule has 1 amide bonds. The largest absolute Gasteiger partial charge is 0.366 e. The number of carbonyl (C=O) groups excluding carboxylic acids is 1. The molecule has 0 spiro atoms. The standard InChI is InChI=1S/C22H30N2O/c1-14(15-5-6-15)24-11-10-22-9-3-2-4-18(22)20(24)13-16-7-8-17(21(23)25)12-19(16)22/h7-8,12,14-15,18,20H,2-6,9-11,13H2,1H3,(H2,23,25)/t14-,18+,20-,22?/m1/s1. The number of primary amides is 1. The third-order valence-corrected chi connectivity index (χ3v) is 7.99. The second kappa shape index (κ2) is 5.57. The van der Waals surface area contributed by atoms with Crippen LogP contribution in [0.2, 0.25) is 0 Å². The first-order valence-corrected chi connectivity index (χ1v) is 10.3. The van der Waals surface area contributed by atoms with Gasteiger partial charge in [0, 0.05) is 23.1 Å². The van der Waals surface area contributed by atoms with Gasteiger partial charge in [-0.2, -0.15) is 0 Å². The van der Waals surface area contributed by atoms with Crippen molar-refractivity contribution in [3.8, 4) is 0 Å². The molecule has 25 heavy (non-hydrogen) atoms. The molecule has 1 unspecified atom stereocenters. The van der Waals surface area contributed by atoms with Gasteiger partial charge >= 0.3 is 0 Å². The maximum Gasteiger partial charge on any atom is 0.248 e. The number of likely N-dealkylation sites (tertiary alicyclic amines) is 1. The van der Waals surface area contributed by atoms with E-state index in [4.69, 9.17) is 5.73 Å². The lowest BCUT2D eigenvalue weighted by molar-refractivity contribution is -0.0343. The third kappa shape index (κ3) is 2.31. The van der Waals surface area contributed by atoms with Crippen LogP contribution in [0.1, 0.15) is 73.4 Å². The van der Waals surface area contributed by atoms with Crippen molar-refractivity contribution in [2.24, 2.45) is 17.6 Å². The number of nitrogens with zero attached hydrogens (tertiary/aromatic N) is 1. The van der Waals surface area contributed by atoms with E-state index in [2.05, 4.69) is 24.0 Å². The Morgan fingerprint density at radius 2 is 2.08 bits per heavy atom. The fourth-order valence-electron chi connectivity index (χ4n) is 6.54. The van der Waals surface area contributed by atoms with E-state index in [1.165, 1.54) is 62.6 Å². The molecule has 134 valence electrons. The van der Waals surface area contributed by atoms with Gasteiger partial charge in [0.15, 0.2) is 0 Å². The van der Waals surface area contributed by atoms with Gasteiger partial charge < -0.3 is 5.73 Å². The second-order valence-corrected chi connectivity index (χ2v) is 9.08. The molecule has 3 nitrogen and oxygen atoms in total. The molecule has 1 saturated heterocycles. The van der Waals surface area contributed by atoms with Crippen molar-refractivity contribution in [3.63, 3.8) is 0 Å². The van der Waals surface area contributed by atoms with E-state index < -0.39 is 0 Å². The van der Waals surface area contributed by atoms with Gasteiger partial charge in [-0.3, -0.25) is 9.69 Å². The van der Waals surface area contributed by atoms with Gasteiger partial charge in [0.25, 0.3) is 0 Å². The first-order valence-electron chi connectivity index (χ1n) is 10.3. The van der Waals surface area contributed by atoms with Crippen LogP contribution in [0.3, 0.4) is 0 Å². The van der Waals surface area contributed by atoms with Crippen molar-refractivity contribution >= 4 is 5.91 Å². The molecule has 3 fully saturated rings. The summed E-state index contributed by atoms with van der Waals surface area (Å²) in [7, 11) is 0. The number of rotatable bonds is 3. The van der Waals surface area contributed by atoms with E-state index in [1.54, 1.807) is 0 Å². The highest BCUT2D eigenvalue weighted by molar-refractivity contribution is 5.93. The summed E-state index contributed by atoms with van der Waals surface area (Å²) in [6, 6.07) is 7.77. The Morgan fingerprint density at radius 3 is 2.84 bits per heavy atom. The van der Waals surface area contributed by atoms with Crippen LogP contribution >= 0.6 is 0 Å². The van der Waals surface area contributed by atoms with Gasteiger partial charge in [-0.25, -0.2) is 0 Å². The van der Waals surface area contributed by atoms with Crippen molar-refractivity contribution in [3.05, 3.63) is 34.9 Å². The molecule has 4 atom stereocenters. The van der Waals surface area contributed by atoms with Crippen LogP contribution in [0.4, 0.5) is 0 Å². The molecule has 0 radical (unpaired) electrons. The van der Waals surface area contributed by atoms with E-state index in [0.717, 1.165) is 24.3 Å². The van der Waals surface area contributed by atoms with E-state index in [-0.39, 0.29) is 5.91 Å². The fraction of sp³-hybridized carbons (Fsp3) is 0.682. The van der Waals surface area contributed by atoms with Crippen LogP contribution < -0.4 is 5.73 Å². The van der Waals surface area contributed by atoms with Gasteiger partial charge in [0.1, 0.15) is 0 Å². The molecule has 1 heterocycles. The molecule has 4 aliphatic rings. The number of piperidine rings is 1. The second-order valence-electron chi connectivity index (χ2n) is 9.08. The number of fused-ring (bicyclic) bond motifs is 1. The van der Waals surface area contributed by atoms with Crippen LogP contribution in [0, 0.1) is 11.8 Å². The molecule has 2 bridgehead atoms. The number of benzene rings is 1. The summed E-state index contributed by atoms with van der Waals surface area (Å²) in [5.74, 6) is 1.43. The van der Waals surface area contributed by atoms with Crippen LogP contribution in [-0.2, 0) is 11.8 Å². The Morgan fingerprint density at radius 1 is 1.24 bits per heavy atom. The minimum atomic E-state index is -0.284. The fourth-order valence-corrected chi connectivity index (χ4v) is 6.54. The lowest BCUT2D eigenvalue weighted by atomic mass is 9.52. The maximum absolute atomic E-state index is 11.8. The molecule has 1 aromatic rings. The SMILES string of the molecule is C[C@H](C1CC1)N1CCC23CCCC[C@H]2[C@H]1Cc1ccc(C(N)=O)cc13. The van der Waals surface area contributed by atoms with Crippen LogP contribution in [-0.4, -0.2) is 29.4 Å². The minimum absolute atomic E-state index is 0.284. The van der Waals surface area contributed by atoms with Gasteiger partial charge in [-0.05, 0) is 87.1 Å². The predicted octanol–water partition coefficient (Wildman–Crippen LogP) is 3.64. The Bertz CT molecular complexity index is 710. The maximum atomic E-state index is 11.8. The molecule has 1 aliphatic heterocycles. The smallest absolute Gasteiger partial charge is 0.248 e. The van der Waals surface area contributed by atoms with E-state index >= 15 is 0 Å².